The van der Waals surface area contributed by atoms with Crippen LogP contribution in [0.3, 0.4) is 0 Å². The topological polar surface area (TPSA) is 52.7 Å². The van der Waals surface area contributed by atoms with Gasteiger partial charge in [0.1, 0.15) is 0 Å². The summed E-state index contributed by atoms with van der Waals surface area (Å²) in [5.74, 6) is -0.0943. The van der Waals surface area contributed by atoms with Crippen molar-refractivity contribution >= 4 is 11.8 Å². The van der Waals surface area contributed by atoms with Crippen LogP contribution in [0, 0.1) is 0 Å². The Morgan fingerprint density at radius 2 is 1.84 bits per heavy atom. The number of nitrogens with zero attached hydrogens (tertiary/aromatic N) is 2. The second kappa shape index (κ2) is 7.01. The average Bonchev–Trinajstić information content (AvgIpc) is 2.61. The molecule has 1 unspecified atom stereocenters. The van der Waals surface area contributed by atoms with Crippen molar-refractivity contribution < 1.29 is 9.59 Å². The summed E-state index contributed by atoms with van der Waals surface area (Å²) >= 11 is 0. The molecule has 0 aromatic rings. The molecule has 0 aromatic heterocycles. The van der Waals surface area contributed by atoms with E-state index in [4.69, 9.17) is 0 Å². The smallest absolute Gasteiger partial charge is 0.246 e. The van der Waals surface area contributed by atoms with Gasteiger partial charge in [0.25, 0.3) is 0 Å². The van der Waals surface area contributed by atoms with Gasteiger partial charge in [-0.15, -0.1) is 0 Å². The van der Waals surface area contributed by atoms with Crippen molar-refractivity contribution in [3.63, 3.8) is 0 Å². The second-order valence-electron chi connectivity index (χ2n) is 5.44. The van der Waals surface area contributed by atoms with E-state index in [1.54, 1.807) is 0 Å². The van der Waals surface area contributed by atoms with Crippen LogP contribution < -0.4 is 5.32 Å². The molecule has 5 heteroatoms. The third-order valence-corrected chi connectivity index (χ3v) is 4.08. The largest absolute Gasteiger partial charge is 0.304 e. The third-order valence-electron chi connectivity index (χ3n) is 4.08. The normalized spacial score (nSPS) is 25.9. The molecule has 2 aliphatic rings. The Morgan fingerprint density at radius 1 is 1.16 bits per heavy atom. The van der Waals surface area contributed by atoms with Crippen molar-refractivity contribution in [3.05, 3.63) is 0 Å². The molecule has 0 bridgehead atoms. The van der Waals surface area contributed by atoms with Gasteiger partial charge in [0.2, 0.25) is 11.8 Å². The number of carbonyl (C=O) groups excluding carboxylic acids is 2. The highest BCUT2D eigenvalue weighted by Gasteiger charge is 2.36. The van der Waals surface area contributed by atoms with Crippen molar-refractivity contribution in [1.82, 2.24) is 15.1 Å². The summed E-state index contributed by atoms with van der Waals surface area (Å²) in [6.45, 7) is 6.43. The molecule has 0 aromatic carbocycles. The molecule has 0 saturated carbocycles. The van der Waals surface area contributed by atoms with Gasteiger partial charge in [-0.3, -0.25) is 14.5 Å². The summed E-state index contributed by atoms with van der Waals surface area (Å²) in [5, 5.41) is 3.24. The van der Waals surface area contributed by atoms with Gasteiger partial charge in [-0.25, -0.2) is 0 Å². The van der Waals surface area contributed by atoms with Gasteiger partial charge in [-0.2, -0.15) is 0 Å². The van der Waals surface area contributed by atoms with Crippen LogP contribution in [-0.2, 0) is 9.59 Å². The highest BCUT2D eigenvalue weighted by atomic mass is 16.2. The summed E-state index contributed by atoms with van der Waals surface area (Å²) in [6, 6.07) is -0.292. The summed E-state index contributed by atoms with van der Waals surface area (Å²) in [5.41, 5.74) is 0. The van der Waals surface area contributed by atoms with Crippen molar-refractivity contribution in [3.8, 4) is 0 Å². The molecule has 0 spiro atoms. The fraction of sp³-hybridized carbons (Fsp3) is 0.857. The molecule has 2 amide bonds. The standard InChI is InChI=1S/C14H25N3O2/c1-2-17-13(18)11-12(14(17)19)15-7-10-16-8-5-3-4-6-9-16/h12,15H,2-11H2,1H3. The van der Waals surface area contributed by atoms with Crippen LogP contribution in [0.25, 0.3) is 0 Å². The number of hydrogen-bond acceptors (Lipinski definition) is 4. The first kappa shape index (κ1) is 14.5. The number of likely N-dealkylation sites (tertiary alicyclic amines) is 2. The molecule has 2 fully saturated rings. The summed E-state index contributed by atoms with van der Waals surface area (Å²) in [4.78, 5) is 27.3. The first-order chi connectivity index (χ1) is 9.22. The Balaban J connectivity index is 1.71. The Hall–Kier alpha value is -0.940. The van der Waals surface area contributed by atoms with Crippen molar-refractivity contribution in [2.75, 3.05) is 32.7 Å². The zero-order chi connectivity index (χ0) is 13.7. The van der Waals surface area contributed by atoms with Gasteiger partial charge >= 0.3 is 0 Å². The van der Waals surface area contributed by atoms with Crippen molar-refractivity contribution in [1.29, 1.82) is 0 Å². The monoisotopic (exact) mass is 267 g/mol. The molecule has 1 atom stereocenters. The van der Waals surface area contributed by atoms with Crippen LogP contribution in [-0.4, -0.2) is 60.4 Å². The van der Waals surface area contributed by atoms with E-state index in [1.165, 1.54) is 43.7 Å². The minimum absolute atomic E-state index is 0.0419. The third kappa shape index (κ3) is 3.76. The highest BCUT2D eigenvalue weighted by molar-refractivity contribution is 6.05. The van der Waals surface area contributed by atoms with E-state index in [0.717, 1.165) is 13.1 Å². The maximum absolute atomic E-state index is 11.9. The first-order valence-electron chi connectivity index (χ1n) is 7.52. The lowest BCUT2D eigenvalue weighted by molar-refractivity contribution is -0.138. The van der Waals surface area contributed by atoms with Gasteiger partial charge < -0.3 is 10.2 Å². The maximum Gasteiger partial charge on any atom is 0.246 e. The molecular weight excluding hydrogens is 242 g/mol. The van der Waals surface area contributed by atoms with Crippen LogP contribution in [0.1, 0.15) is 39.0 Å². The van der Waals surface area contributed by atoms with Crippen molar-refractivity contribution in [2.45, 2.75) is 45.1 Å². The minimum atomic E-state index is -0.292. The second-order valence-corrected chi connectivity index (χ2v) is 5.44. The fourth-order valence-corrected chi connectivity index (χ4v) is 2.93. The Bertz CT molecular complexity index is 325. The van der Waals surface area contributed by atoms with Gasteiger partial charge in [-0.05, 0) is 32.9 Å². The van der Waals surface area contributed by atoms with Crippen LogP contribution in [0.5, 0.6) is 0 Å². The predicted octanol–water partition coefficient (Wildman–Crippen LogP) is 0.599. The van der Waals surface area contributed by atoms with E-state index in [2.05, 4.69) is 10.2 Å². The lowest BCUT2D eigenvalue weighted by Crippen LogP contribution is -2.42. The molecule has 19 heavy (non-hydrogen) atoms. The molecular formula is C14H25N3O2. The number of nitrogens with one attached hydrogen (secondary N) is 1. The SMILES string of the molecule is CCN1C(=O)CC(NCCN2CCCCCC2)C1=O. The van der Waals surface area contributed by atoms with E-state index < -0.39 is 0 Å². The predicted molar refractivity (Wildman–Crippen MR) is 73.7 cm³/mol. The first-order valence-corrected chi connectivity index (χ1v) is 7.52. The molecule has 0 aliphatic carbocycles. The lowest BCUT2D eigenvalue weighted by atomic mass is 10.2. The molecule has 2 saturated heterocycles. The zero-order valence-corrected chi connectivity index (χ0v) is 11.9. The van der Waals surface area contributed by atoms with Gasteiger partial charge in [0.05, 0.1) is 12.5 Å². The van der Waals surface area contributed by atoms with E-state index in [-0.39, 0.29) is 17.9 Å². The number of rotatable bonds is 5. The minimum Gasteiger partial charge on any atom is -0.304 e. The van der Waals surface area contributed by atoms with Crippen LogP contribution in [0.4, 0.5) is 0 Å². The Labute approximate surface area is 115 Å². The summed E-state index contributed by atoms with van der Waals surface area (Å²) < 4.78 is 0. The average molecular weight is 267 g/mol. The zero-order valence-electron chi connectivity index (χ0n) is 11.9. The quantitative estimate of drug-likeness (QED) is 0.741. The van der Waals surface area contributed by atoms with E-state index in [9.17, 15) is 9.59 Å². The Morgan fingerprint density at radius 3 is 2.42 bits per heavy atom. The highest BCUT2D eigenvalue weighted by Crippen LogP contribution is 2.12. The summed E-state index contributed by atoms with van der Waals surface area (Å²) in [7, 11) is 0. The summed E-state index contributed by atoms with van der Waals surface area (Å²) in [6.07, 6.45) is 5.57. The fourth-order valence-electron chi connectivity index (χ4n) is 2.93. The molecule has 2 rings (SSSR count). The van der Waals surface area contributed by atoms with E-state index in [1.807, 2.05) is 6.92 Å². The molecule has 108 valence electrons. The number of amides is 2. The van der Waals surface area contributed by atoms with E-state index >= 15 is 0 Å². The van der Waals surface area contributed by atoms with Crippen LogP contribution in [0.2, 0.25) is 0 Å². The van der Waals surface area contributed by atoms with E-state index in [0.29, 0.717) is 13.0 Å². The van der Waals surface area contributed by atoms with Crippen LogP contribution in [0.15, 0.2) is 0 Å². The van der Waals surface area contributed by atoms with Gasteiger partial charge in [-0.1, -0.05) is 12.8 Å². The van der Waals surface area contributed by atoms with Crippen molar-refractivity contribution in [2.24, 2.45) is 0 Å². The molecule has 5 nitrogen and oxygen atoms in total. The number of carbonyl (C=O) groups is 2. The van der Waals surface area contributed by atoms with Crippen LogP contribution >= 0.6 is 0 Å². The maximum atomic E-state index is 11.9. The molecule has 1 N–H and O–H groups in total. The molecule has 2 heterocycles. The Kier molecular flexibility index (Phi) is 5.34. The molecule has 0 radical (unpaired) electrons. The lowest BCUT2D eigenvalue weighted by Gasteiger charge is -2.21. The number of likely N-dealkylation sites (N-methyl/N-ethyl adjacent to an activating group) is 1. The molecule has 2 aliphatic heterocycles. The number of hydrogen-bond donors (Lipinski definition) is 1. The van der Waals surface area contributed by atoms with Gasteiger partial charge in [0.15, 0.2) is 0 Å². The van der Waals surface area contributed by atoms with Gasteiger partial charge in [0, 0.05) is 19.6 Å². The number of imide groups is 1.